The quantitative estimate of drug-likeness (QED) is 0.320. The maximum atomic E-state index is 12.8. The maximum absolute atomic E-state index is 12.8. The van der Waals surface area contributed by atoms with Crippen molar-refractivity contribution in [2.45, 2.75) is 0 Å². The van der Waals surface area contributed by atoms with Gasteiger partial charge in [0, 0.05) is 11.8 Å². The lowest BCUT2D eigenvalue weighted by Crippen LogP contribution is -2.83. The second kappa shape index (κ2) is 5.49. The molecule has 1 aromatic carbocycles. The number of rotatable bonds is 3. The van der Waals surface area contributed by atoms with E-state index in [1.165, 1.54) is 12.1 Å². The number of quaternary nitrogens is 1. The average Bonchev–Trinajstić information content (AvgIpc) is 3.22. The Hall–Kier alpha value is -2.70. The van der Waals surface area contributed by atoms with E-state index in [9.17, 15) is 9.59 Å². The summed E-state index contributed by atoms with van der Waals surface area (Å²) in [4.78, 5) is 31.2. The Balaban J connectivity index is 1.61. The van der Waals surface area contributed by atoms with Crippen LogP contribution in [0.1, 0.15) is 15.9 Å². The van der Waals surface area contributed by atoms with E-state index in [0.29, 0.717) is 16.8 Å². The third-order valence-electron chi connectivity index (χ3n) is 3.75. The van der Waals surface area contributed by atoms with E-state index in [1.807, 2.05) is 22.9 Å². The number of thiol groups is 1. The molecule has 0 unspecified atom stereocenters. The molecule has 6 heteroatoms. The predicted octanol–water partition coefficient (Wildman–Crippen LogP) is 0.596. The van der Waals surface area contributed by atoms with Gasteiger partial charge in [0.25, 0.3) is 0 Å². The Labute approximate surface area is 135 Å². The van der Waals surface area contributed by atoms with Gasteiger partial charge in [0.15, 0.2) is 16.9 Å². The lowest BCUT2D eigenvalue weighted by molar-refractivity contribution is -0.558. The van der Waals surface area contributed by atoms with Crippen molar-refractivity contribution in [3.63, 3.8) is 0 Å². The summed E-state index contributed by atoms with van der Waals surface area (Å²) in [7, 11) is 0. The van der Waals surface area contributed by atoms with Crippen LogP contribution in [0.2, 0.25) is 0 Å². The van der Waals surface area contributed by atoms with E-state index < -0.39 is 0 Å². The third kappa shape index (κ3) is 2.48. The fraction of sp³-hybridized carbons (Fsp3) is 0. The van der Waals surface area contributed by atoms with Crippen molar-refractivity contribution in [3.8, 4) is 0 Å². The molecule has 0 amide bonds. The first-order valence-corrected chi connectivity index (χ1v) is 8.05. The van der Waals surface area contributed by atoms with Crippen molar-refractivity contribution < 1.29 is 10.1 Å². The third-order valence-corrected chi connectivity index (χ3v) is 4.83. The van der Waals surface area contributed by atoms with E-state index in [2.05, 4.69) is 9.97 Å². The van der Waals surface area contributed by atoms with Crippen molar-refractivity contribution in [2.75, 3.05) is 0 Å². The predicted molar refractivity (Wildman–Crippen MR) is 89.8 cm³/mol. The Morgan fingerprint density at radius 3 is 3.09 bits per heavy atom. The summed E-state index contributed by atoms with van der Waals surface area (Å²) >= 11 is 0.986. The summed E-state index contributed by atoms with van der Waals surface area (Å²) in [5.41, 5.74) is 2.88. The number of Topliss-reactive ketones (excluding diaryl/α,β-unsaturated/α-hetero) is 1. The van der Waals surface area contributed by atoms with Crippen molar-refractivity contribution in [3.05, 3.63) is 86.8 Å². The molecule has 0 aliphatic carbocycles. The molecule has 5 nitrogen and oxygen atoms in total. The number of H-pyrrole nitrogens is 1. The monoisotopic (exact) mass is 323 g/mol. The van der Waals surface area contributed by atoms with Crippen LogP contribution in [0, 0.1) is 5.37 Å². The second-order valence-electron chi connectivity index (χ2n) is 5.22. The van der Waals surface area contributed by atoms with Crippen LogP contribution in [0.3, 0.4) is 0 Å². The summed E-state index contributed by atoms with van der Waals surface area (Å²) in [5, 5.41) is 5.64. The molecule has 4 rings (SSSR count). The molecule has 0 radical (unpaired) electrons. The molecule has 2 aromatic heterocycles. The molecule has 114 valence electrons. The van der Waals surface area contributed by atoms with E-state index in [1.54, 1.807) is 24.7 Å². The average molecular weight is 323 g/mol. The van der Waals surface area contributed by atoms with Gasteiger partial charge in [-0.15, -0.1) is 12.1 Å². The summed E-state index contributed by atoms with van der Waals surface area (Å²) in [6.07, 6.45) is 5.19. The smallest absolute Gasteiger partial charge is 0.222 e. The van der Waals surface area contributed by atoms with Gasteiger partial charge in [-0.1, -0.05) is 41.5 Å². The molecule has 3 aromatic rings. The van der Waals surface area contributed by atoms with Crippen LogP contribution in [0.4, 0.5) is 0 Å². The minimum atomic E-state index is -0.0734. The molecule has 3 heterocycles. The fourth-order valence-electron chi connectivity index (χ4n) is 2.61. The van der Waals surface area contributed by atoms with Gasteiger partial charge in [-0.25, -0.2) is 0 Å². The number of aromatic amines is 1. The van der Waals surface area contributed by atoms with Crippen LogP contribution >= 0.6 is 0 Å². The molecule has 0 saturated heterocycles. The van der Waals surface area contributed by atoms with Gasteiger partial charge in [-0.2, -0.15) is 0 Å². The van der Waals surface area contributed by atoms with Crippen LogP contribution in [-0.2, 0) is 11.8 Å². The molecule has 3 N–H and O–H groups in total. The number of hydrogen-bond donors (Lipinski definition) is 2. The first kappa shape index (κ1) is 13.9. The number of pyridine rings is 1. The van der Waals surface area contributed by atoms with Gasteiger partial charge in [-0.05, 0) is 17.3 Å². The minimum absolute atomic E-state index is 0.0405. The normalized spacial score (nSPS) is 14.3. The maximum Gasteiger partial charge on any atom is 0.222 e. The summed E-state index contributed by atoms with van der Waals surface area (Å²) in [6, 6.07) is 8.54. The number of carbonyl (C=O) groups excluding carboxylic acids is 1. The molecular formula is C17H13N3O2S. The van der Waals surface area contributed by atoms with E-state index in [-0.39, 0.29) is 11.2 Å². The number of nitrogens with two attached hydrogens (primary N) is 1. The summed E-state index contributed by atoms with van der Waals surface area (Å²) in [5.74, 6) is -0.0405. The number of ketones is 1. The number of allylic oxidation sites excluding steroid dienone is 1. The zero-order valence-electron chi connectivity index (χ0n) is 12.0. The number of aromatic nitrogens is 2. The van der Waals surface area contributed by atoms with E-state index >= 15 is 0 Å². The molecular weight excluding hydrogens is 310 g/mol. The van der Waals surface area contributed by atoms with Crippen molar-refractivity contribution >= 4 is 28.4 Å². The standard InChI is InChI=1S/C17H13N3O2S/c21-11-3-4-12-13(8-19-14(12)6-11)16(22)15-9-23-17(20-15)10-2-1-5-18-7-10/h1-9,19,23H,20H2. The fourth-order valence-corrected chi connectivity index (χ4v) is 3.57. The van der Waals surface area contributed by atoms with E-state index in [0.717, 1.165) is 28.1 Å². The number of fused-ring (bicyclic) bond motifs is 1. The Morgan fingerprint density at radius 2 is 2.26 bits per heavy atom. The molecule has 0 saturated carbocycles. The van der Waals surface area contributed by atoms with Gasteiger partial charge >= 0.3 is 0 Å². The Kier molecular flexibility index (Phi) is 3.33. The summed E-state index contributed by atoms with van der Waals surface area (Å²) in [6.45, 7) is 0. The number of nitrogens with one attached hydrogen (secondary N) is 1. The minimum Gasteiger partial charge on any atom is -0.405 e. The number of benzene rings is 1. The highest BCUT2D eigenvalue weighted by Crippen LogP contribution is 2.21. The van der Waals surface area contributed by atoms with Crippen molar-refractivity contribution in [1.82, 2.24) is 9.97 Å². The van der Waals surface area contributed by atoms with E-state index in [4.69, 9.17) is 0 Å². The van der Waals surface area contributed by atoms with Gasteiger partial charge < -0.3 is 19.6 Å². The molecule has 0 atom stereocenters. The topological polar surface area (TPSA) is 79.4 Å². The highest BCUT2D eigenvalue weighted by Gasteiger charge is 2.30. The van der Waals surface area contributed by atoms with Crippen LogP contribution < -0.4 is 10.7 Å². The molecule has 1 aliphatic heterocycles. The summed E-state index contributed by atoms with van der Waals surface area (Å²) < 4.78 is 0. The molecule has 0 fully saturated rings. The van der Waals surface area contributed by atoms with Crippen LogP contribution in [0.5, 0.6) is 0 Å². The van der Waals surface area contributed by atoms with Crippen LogP contribution in [0.25, 0.3) is 10.9 Å². The molecule has 23 heavy (non-hydrogen) atoms. The van der Waals surface area contributed by atoms with Crippen LogP contribution in [0.15, 0.2) is 64.8 Å². The lowest BCUT2D eigenvalue weighted by atomic mass is 10.1. The van der Waals surface area contributed by atoms with Crippen LogP contribution in [-0.4, -0.2) is 15.8 Å². The van der Waals surface area contributed by atoms with Gasteiger partial charge in [0.2, 0.25) is 5.37 Å². The van der Waals surface area contributed by atoms with Crippen molar-refractivity contribution in [2.24, 2.45) is 0 Å². The van der Waals surface area contributed by atoms with Crippen molar-refractivity contribution in [1.29, 1.82) is 0 Å². The second-order valence-corrected chi connectivity index (χ2v) is 6.22. The Bertz CT molecular complexity index is 972. The first-order valence-electron chi connectivity index (χ1n) is 7.08. The van der Waals surface area contributed by atoms with Gasteiger partial charge in [0.05, 0.1) is 0 Å². The number of nitrogens with zero attached hydrogens (tertiary/aromatic N) is 1. The highest BCUT2D eigenvalue weighted by molar-refractivity contribution is 7.84. The molecule has 0 spiro atoms. The molecule has 1 aliphatic rings. The zero-order valence-corrected chi connectivity index (χ0v) is 12.9. The highest BCUT2D eigenvalue weighted by atomic mass is 32.2. The van der Waals surface area contributed by atoms with Gasteiger partial charge in [-0.3, -0.25) is 5.32 Å². The largest absolute Gasteiger partial charge is 0.405 e. The SMILES string of the molecule is O=C(C1=C[SH+][C-](c2cccnc2)[NH2+]1)c1c[nH]c2cc(=O)cc[c-]12. The number of carbonyl (C=O) groups is 1. The zero-order chi connectivity index (χ0) is 15.8. The number of hydrogen-bond acceptors (Lipinski definition) is 3. The Morgan fingerprint density at radius 1 is 1.35 bits per heavy atom. The molecule has 0 bridgehead atoms. The first-order chi connectivity index (χ1) is 11.2. The van der Waals surface area contributed by atoms with Gasteiger partial charge in [0.1, 0.15) is 5.43 Å². The lowest BCUT2D eigenvalue weighted by Gasteiger charge is -2.09.